The summed E-state index contributed by atoms with van der Waals surface area (Å²) >= 11 is 0. The maximum absolute atomic E-state index is 11.1. The second kappa shape index (κ2) is 5.05. The third kappa shape index (κ3) is 2.37. The van der Waals surface area contributed by atoms with Crippen LogP contribution in [0.1, 0.15) is 25.1 Å². The number of sulfonamides is 1. The number of imidazole rings is 1. The monoisotopic (exact) mass is 321 g/mol. The van der Waals surface area contributed by atoms with Crippen molar-refractivity contribution in [1.29, 1.82) is 0 Å². The van der Waals surface area contributed by atoms with E-state index in [1.165, 1.54) is 0 Å². The average Bonchev–Trinajstić information content (AvgIpc) is 2.66. The molecule has 1 heterocycles. The number of hydrogen-bond acceptors (Lipinski definition) is 3. The Labute approximate surface area is 129 Å². The lowest BCUT2D eigenvalue weighted by Gasteiger charge is -2.42. The van der Waals surface area contributed by atoms with Crippen molar-refractivity contribution in [3.8, 4) is 0 Å². The molecule has 0 radical (unpaired) electrons. The van der Waals surface area contributed by atoms with Crippen LogP contribution < -0.4 is 4.57 Å². The average molecular weight is 321 g/mol. The van der Waals surface area contributed by atoms with E-state index in [4.69, 9.17) is 0 Å². The van der Waals surface area contributed by atoms with E-state index in [1.54, 1.807) is 0 Å². The summed E-state index contributed by atoms with van der Waals surface area (Å²) in [4.78, 5) is 0. The second-order valence-corrected chi connectivity index (χ2v) is 7.45. The highest BCUT2D eigenvalue weighted by molar-refractivity contribution is 7.89. The predicted molar refractivity (Wildman–Crippen MR) is 82.7 cm³/mol. The van der Waals surface area contributed by atoms with Crippen molar-refractivity contribution in [1.82, 2.24) is 4.57 Å². The molecule has 0 aliphatic heterocycles. The van der Waals surface area contributed by atoms with Gasteiger partial charge in [0.15, 0.2) is 21.1 Å². The lowest BCUT2D eigenvalue weighted by atomic mass is 9.76. The normalized spacial score (nSPS) is 17.8. The van der Waals surface area contributed by atoms with Crippen molar-refractivity contribution >= 4 is 21.1 Å². The van der Waals surface area contributed by atoms with Crippen molar-refractivity contribution < 1.29 is 13.0 Å². The second-order valence-electron chi connectivity index (χ2n) is 5.82. The molecule has 1 saturated carbocycles. The molecule has 1 aliphatic rings. The summed E-state index contributed by atoms with van der Waals surface area (Å²) in [6.07, 6.45) is 3.73. The number of aryl methyl sites for hydroxylation is 2. The lowest BCUT2D eigenvalue weighted by Crippen LogP contribution is -2.46. The van der Waals surface area contributed by atoms with Gasteiger partial charge in [-0.15, -0.1) is 0 Å². The minimum atomic E-state index is -3.51. The molecular formula is C14H19N5O2S. The van der Waals surface area contributed by atoms with Crippen LogP contribution in [0.5, 0.6) is 0 Å². The third-order valence-electron chi connectivity index (χ3n) is 4.26. The molecule has 7 nitrogen and oxygen atoms in total. The summed E-state index contributed by atoms with van der Waals surface area (Å²) in [5, 5.41) is 3.60. The minimum Gasteiger partial charge on any atom is -0.362 e. The zero-order chi connectivity index (χ0) is 16.0. The van der Waals surface area contributed by atoms with E-state index in [0.717, 1.165) is 42.4 Å². The number of hydrogen-bond donors (Lipinski definition) is 0. The fourth-order valence-corrected chi connectivity index (χ4v) is 3.33. The van der Waals surface area contributed by atoms with Crippen LogP contribution >= 0.6 is 0 Å². The SMILES string of the molecule is Cn1c(C2([N-]/N=N/S(C)(=O)=O)CCC2)[n+](C)c2ccccc21. The Bertz CT molecular complexity index is 810. The van der Waals surface area contributed by atoms with E-state index in [9.17, 15) is 8.42 Å². The summed E-state index contributed by atoms with van der Waals surface area (Å²) < 4.78 is 29.7. The van der Waals surface area contributed by atoms with Crippen molar-refractivity contribution in [3.05, 3.63) is 35.5 Å². The maximum Gasteiger partial charge on any atom is 0.263 e. The first-order chi connectivity index (χ1) is 10.3. The molecule has 1 aromatic carbocycles. The molecule has 0 N–H and O–H groups in total. The van der Waals surface area contributed by atoms with Gasteiger partial charge >= 0.3 is 0 Å². The van der Waals surface area contributed by atoms with Gasteiger partial charge in [0.2, 0.25) is 0 Å². The topological polar surface area (TPSA) is 81.8 Å². The molecule has 0 atom stereocenters. The third-order valence-corrected chi connectivity index (χ3v) is 4.63. The van der Waals surface area contributed by atoms with Crippen LogP contribution in [0.15, 0.2) is 34.0 Å². The molecule has 8 heteroatoms. The van der Waals surface area contributed by atoms with Crippen LogP contribution in [0, 0.1) is 0 Å². The quantitative estimate of drug-likeness (QED) is 0.491. The highest BCUT2D eigenvalue weighted by Crippen LogP contribution is 2.47. The van der Waals surface area contributed by atoms with E-state index in [0.29, 0.717) is 0 Å². The van der Waals surface area contributed by atoms with Crippen LogP contribution in [0.3, 0.4) is 0 Å². The minimum absolute atomic E-state index is 0.489. The highest BCUT2D eigenvalue weighted by Gasteiger charge is 2.45. The van der Waals surface area contributed by atoms with Gasteiger partial charge in [-0.05, 0) is 25.0 Å². The Balaban J connectivity index is 2.06. The van der Waals surface area contributed by atoms with Gasteiger partial charge in [0.25, 0.3) is 5.82 Å². The Morgan fingerprint density at radius 1 is 1.32 bits per heavy atom. The van der Waals surface area contributed by atoms with Crippen LogP contribution in [-0.2, 0) is 29.7 Å². The van der Waals surface area contributed by atoms with Crippen LogP contribution in [0.25, 0.3) is 16.5 Å². The first-order valence-corrected chi connectivity index (χ1v) is 8.97. The predicted octanol–water partition coefficient (Wildman–Crippen LogP) is 2.08. The first kappa shape index (κ1) is 15.0. The van der Waals surface area contributed by atoms with Crippen molar-refractivity contribution in [2.24, 2.45) is 23.8 Å². The summed E-state index contributed by atoms with van der Waals surface area (Å²) in [6.45, 7) is 0. The van der Waals surface area contributed by atoms with Gasteiger partial charge in [-0.1, -0.05) is 18.6 Å². The number of para-hydroxylation sites is 2. The van der Waals surface area contributed by atoms with E-state index in [1.807, 2.05) is 26.2 Å². The molecule has 0 spiro atoms. The van der Waals surface area contributed by atoms with E-state index in [-0.39, 0.29) is 0 Å². The first-order valence-electron chi connectivity index (χ1n) is 7.12. The Kier molecular flexibility index (Phi) is 3.43. The van der Waals surface area contributed by atoms with Crippen LogP contribution in [-0.4, -0.2) is 19.2 Å². The molecule has 1 fully saturated rings. The maximum atomic E-state index is 11.1. The molecule has 0 bridgehead atoms. The molecular weight excluding hydrogens is 302 g/mol. The van der Waals surface area contributed by atoms with Gasteiger partial charge in [-0.3, -0.25) is 9.74 Å². The van der Waals surface area contributed by atoms with Crippen LogP contribution in [0.4, 0.5) is 0 Å². The Hall–Kier alpha value is -1.96. The Morgan fingerprint density at radius 3 is 2.55 bits per heavy atom. The molecule has 1 aromatic heterocycles. The molecule has 0 saturated heterocycles. The largest absolute Gasteiger partial charge is 0.362 e. The smallest absolute Gasteiger partial charge is 0.263 e. The number of benzene rings is 1. The molecule has 22 heavy (non-hydrogen) atoms. The van der Waals surface area contributed by atoms with Gasteiger partial charge in [0.05, 0.1) is 19.6 Å². The van der Waals surface area contributed by atoms with E-state index < -0.39 is 15.6 Å². The molecule has 0 unspecified atom stereocenters. The van der Waals surface area contributed by atoms with Gasteiger partial charge in [0.1, 0.15) is 0 Å². The molecule has 0 amide bonds. The Morgan fingerprint density at radius 2 is 2.00 bits per heavy atom. The molecule has 3 rings (SSSR count). The zero-order valence-corrected chi connectivity index (χ0v) is 13.7. The van der Waals surface area contributed by atoms with Gasteiger partial charge in [-0.25, -0.2) is 17.6 Å². The van der Waals surface area contributed by atoms with Gasteiger partial charge in [-0.2, -0.15) is 0 Å². The van der Waals surface area contributed by atoms with Crippen LogP contribution in [0.2, 0.25) is 0 Å². The molecule has 118 valence electrons. The molecule has 1 aliphatic carbocycles. The molecule has 2 aromatic rings. The zero-order valence-electron chi connectivity index (χ0n) is 12.9. The van der Waals surface area contributed by atoms with E-state index in [2.05, 4.69) is 36.4 Å². The van der Waals surface area contributed by atoms with Crippen molar-refractivity contribution in [3.63, 3.8) is 0 Å². The number of nitrogens with zero attached hydrogens (tertiary/aromatic N) is 5. The van der Waals surface area contributed by atoms with Crippen molar-refractivity contribution in [2.45, 2.75) is 24.8 Å². The number of aromatic nitrogens is 2. The van der Waals surface area contributed by atoms with Crippen molar-refractivity contribution in [2.75, 3.05) is 6.26 Å². The summed E-state index contributed by atoms with van der Waals surface area (Å²) in [6, 6.07) is 8.12. The highest BCUT2D eigenvalue weighted by atomic mass is 32.2. The summed E-state index contributed by atoms with van der Waals surface area (Å²) in [5.74, 6) is 1.02. The van der Waals surface area contributed by atoms with E-state index >= 15 is 0 Å². The lowest BCUT2D eigenvalue weighted by molar-refractivity contribution is -0.658. The standard InChI is InChI=1S/C14H19N5O2S/c1-18-11-7-4-5-8-12(11)19(2)13(18)14(9-6-10-14)15-16-17-22(3,20)21/h4-5,7-8H,6,9-10H2,1-3H3. The summed E-state index contributed by atoms with van der Waals surface area (Å²) in [5.41, 5.74) is 6.01. The van der Waals surface area contributed by atoms with Gasteiger partial charge < -0.3 is 5.43 Å². The number of fused-ring (bicyclic) bond motifs is 1. The number of rotatable bonds is 4. The van der Waals surface area contributed by atoms with Gasteiger partial charge in [0, 0.05) is 6.26 Å². The summed E-state index contributed by atoms with van der Waals surface area (Å²) in [7, 11) is 0.495. The fourth-order valence-electron chi connectivity index (χ4n) is 3.16. The fraction of sp³-hybridized carbons (Fsp3) is 0.500.